The first-order valence-electron chi connectivity index (χ1n) is 6.36. The van der Waals surface area contributed by atoms with Crippen LogP contribution in [0, 0.1) is 6.92 Å². The zero-order chi connectivity index (χ0) is 13.8. The van der Waals surface area contributed by atoms with Gasteiger partial charge in [-0.3, -0.25) is 0 Å². The number of benzene rings is 2. The molecule has 100 valence electrons. The first-order chi connectivity index (χ1) is 9.06. The molecule has 0 fully saturated rings. The number of nitrogens with one attached hydrogen (secondary N) is 1. The van der Waals surface area contributed by atoms with Crippen molar-refractivity contribution in [2.24, 2.45) is 0 Å². The van der Waals surface area contributed by atoms with Crippen molar-refractivity contribution in [1.29, 1.82) is 0 Å². The summed E-state index contributed by atoms with van der Waals surface area (Å²) in [5.74, 6) is 0.301. The third-order valence-corrected chi connectivity index (χ3v) is 3.56. The van der Waals surface area contributed by atoms with Gasteiger partial charge in [-0.2, -0.15) is 0 Å². The first-order valence-corrected chi connectivity index (χ1v) is 6.73. The molecule has 1 atom stereocenters. The fourth-order valence-corrected chi connectivity index (χ4v) is 2.24. The molecule has 19 heavy (non-hydrogen) atoms. The Labute approximate surface area is 119 Å². The number of phenolic OH excluding ortho intramolecular Hbond substituents is 1. The molecule has 0 saturated carbocycles. The zero-order valence-electron chi connectivity index (χ0n) is 11.2. The molecule has 3 heteroatoms. The third-order valence-electron chi connectivity index (χ3n) is 3.15. The van der Waals surface area contributed by atoms with Crippen LogP contribution in [-0.2, 0) is 6.42 Å². The highest BCUT2D eigenvalue weighted by Crippen LogP contribution is 2.24. The molecule has 0 aliphatic carbocycles. The van der Waals surface area contributed by atoms with Gasteiger partial charge in [0, 0.05) is 16.8 Å². The Hall–Kier alpha value is -1.67. The largest absolute Gasteiger partial charge is 0.508 e. The van der Waals surface area contributed by atoms with E-state index in [9.17, 15) is 5.11 Å². The molecule has 0 saturated heterocycles. The number of halogens is 1. The van der Waals surface area contributed by atoms with Gasteiger partial charge in [0.15, 0.2) is 0 Å². The second-order valence-corrected chi connectivity index (χ2v) is 5.24. The summed E-state index contributed by atoms with van der Waals surface area (Å²) in [6, 6.07) is 13.5. The monoisotopic (exact) mass is 275 g/mol. The van der Waals surface area contributed by atoms with E-state index < -0.39 is 0 Å². The van der Waals surface area contributed by atoms with Crippen LogP contribution in [0.4, 0.5) is 5.69 Å². The summed E-state index contributed by atoms with van der Waals surface area (Å²) in [5.41, 5.74) is 3.33. The number of rotatable bonds is 4. The van der Waals surface area contributed by atoms with E-state index in [0.29, 0.717) is 11.8 Å². The number of hydrogen-bond donors (Lipinski definition) is 2. The van der Waals surface area contributed by atoms with Gasteiger partial charge in [0.05, 0.1) is 0 Å². The Balaban J connectivity index is 2.03. The summed E-state index contributed by atoms with van der Waals surface area (Å²) in [5, 5.41) is 13.5. The van der Waals surface area contributed by atoms with E-state index in [1.807, 2.05) is 37.3 Å². The van der Waals surface area contributed by atoms with Crippen molar-refractivity contribution >= 4 is 17.3 Å². The van der Waals surface area contributed by atoms with E-state index in [2.05, 4.69) is 12.2 Å². The molecule has 0 aliphatic rings. The van der Waals surface area contributed by atoms with Gasteiger partial charge in [-0.15, -0.1) is 0 Å². The highest BCUT2D eigenvalue weighted by atomic mass is 35.5. The average Bonchev–Trinajstić information content (AvgIpc) is 2.38. The second-order valence-electron chi connectivity index (χ2n) is 4.83. The molecular weight excluding hydrogens is 258 g/mol. The van der Waals surface area contributed by atoms with Gasteiger partial charge >= 0.3 is 0 Å². The van der Waals surface area contributed by atoms with Gasteiger partial charge in [-0.05, 0) is 55.7 Å². The van der Waals surface area contributed by atoms with Crippen LogP contribution in [0.2, 0.25) is 5.02 Å². The number of aromatic hydroxyl groups is 1. The minimum absolute atomic E-state index is 0.293. The zero-order valence-corrected chi connectivity index (χ0v) is 11.9. The molecule has 0 radical (unpaired) electrons. The van der Waals surface area contributed by atoms with E-state index in [0.717, 1.165) is 22.7 Å². The minimum Gasteiger partial charge on any atom is -0.508 e. The normalized spacial score (nSPS) is 12.2. The molecule has 2 nitrogen and oxygen atoms in total. The van der Waals surface area contributed by atoms with E-state index in [1.54, 1.807) is 12.1 Å². The predicted octanol–water partition coefficient (Wildman–Crippen LogP) is 4.40. The van der Waals surface area contributed by atoms with Crippen LogP contribution in [0.15, 0.2) is 42.5 Å². The summed E-state index contributed by atoms with van der Waals surface area (Å²) in [6.45, 7) is 4.14. The Bertz CT molecular complexity index is 551. The molecular formula is C16H18ClNO. The van der Waals surface area contributed by atoms with Crippen molar-refractivity contribution in [3.05, 3.63) is 58.6 Å². The lowest BCUT2D eigenvalue weighted by Gasteiger charge is -2.17. The summed E-state index contributed by atoms with van der Waals surface area (Å²) >= 11 is 6.11. The lowest BCUT2D eigenvalue weighted by molar-refractivity contribution is 0.475. The van der Waals surface area contributed by atoms with Crippen molar-refractivity contribution in [2.75, 3.05) is 5.32 Å². The van der Waals surface area contributed by atoms with Gasteiger partial charge in [-0.25, -0.2) is 0 Å². The topological polar surface area (TPSA) is 32.3 Å². The predicted molar refractivity (Wildman–Crippen MR) is 81.1 cm³/mol. The number of anilines is 1. The lowest BCUT2D eigenvalue weighted by Crippen LogP contribution is -2.18. The molecule has 0 aliphatic heterocycles. The molecule has 2 aromatic rings. The lowest BCUT2D eigenvalue weighted by atomic mass is 10.1. The maximum Gasteiger partial charge on any atom is 0.115 e. The summed E-state index contributed by atoms with van der Waals surface area (Å²) in [6.07, 6.45) is 0.895. The van der Waals surface area contributed by atoms with Crippen molar-refractivity contribution in [3.8, 4) is 5.75 Å². The summed E-state index contributed by atoms with van der Waals surface area (Å²) in [7, 11) is 0. The highest BCUT2D eigenvalue weighted by Gasteiger charge is 2.07. The molecule has 0 bridgehead atoms. The molecule has 0 spiro atoms. The van der Waals surface area contributed by atoms with Crippen molar-refractivity contribution in [3.63, 3.8) is 0 Å². The first kappa shape index (κ1) is 13.8. The van der Waals surface area contributed by atoms with E-state index >= 15 is 0 Å². The summed E-state index contributed by atoms with van der Waals surface area (Å²) < 4.78 is 0. The number of phenols is 1. The third kappa shape index (κ3) is 3.65. The van der Waals surface area contributed by atoms with Crippen molar-refractivity contribution < 1.29 is 5.11 Å². The maximum atomic E-state index is 9.26. The molecule has 1 unspecified atom stereocenters. The molecule has 2 rings (SSSR count). The van der Waals surface area contributed by atoms with Gasteiger partial charge in [0.2, 0.25) is 0 Å². The average molecular weight is 276 g/mol. The van der Waals surface area contributed by atoms with Crippen LogP contribution in [0.3, 0.4) is 0 Å². The van der Waals surface area contributed by atoms with Gasteiger partial charge in [0.25, 0.3) is 0 Å². The van der Waals surface area contributed by atoms with Gasteiger partial charge in [-0.1, -0.05) is 29.8 Å². The Morgan fingerprint density at radius 2 is 1.84 bits per heavy atom. The van der Waals surface area contributed by atoms with Crippen molar-refractivity contribution in [1.82, 2.24) is 0 Å². The molecule has 2 aromatic carbocycles. The van der Waals surface area contributed by atoms with Crippen LogP contribution < -0.4 is 5.32 Å². The second kappa shape index (κ2) is 5.98. The molecule has 2 N–H and O–H groups in total. The smallest absolute Gasteiger partial charge is 0.115 e. The van der Waals surface area contributed by atoms with Crippen LogP contribution in [0.5, 0.6) is 5.75 Å². The van der Waals surface area contributed by atoms with E-state index in [1.165, 1.54) is 5.56 Å². The van der Waals surface area contributed by atoms with Crippen molar-refractivity contribution in [2.45, 2.75) is 26.3 Å². The Morgan fingerprint density at radius 3 is 2.53 bits per heavy atom. The van der Waals surface area contributed by atoms with Crippen LogP contribution in [-0.4, -0.2) is 11.1 Å². The Kier molecular flexibility index (Phi) is 4.33. The number of hydrogen-bond acceptors (Lipinski definition) is 2. The fourth-order valence-electron chi connectivity index (χ4n) is 2.07. The highest BCUT2D eigenvalue weighted by molar-refractivity contribution is 6.31. The molecule has 0 amide bonds. The van der Waals surface area contributed by atoms with Crippen LogP contribution in [0.25, 0.3) is 0 Å². The van der Waals surface area contributed by atoms with E-state index in [4.69, 9.17) is 11.6 Å². The quantitative estimate of drug-likeness (QED) is 0.867. The summed E-state index contributed by atoms with van der Waals surface area (Å²) in [4.78, 5) is 0. The standard InChI is InChI=1S/C16H18ClNO/c1-11(10-13-6-8-14(19)9-7-13)18-16-5-3-4-15(17)12(16)2/h3-9,11,18-19H,10H2,1-2H3. The van der Waals surface area contributed by atoms with Gasteiger partial charge in [0.1, 0.15) is 5.75 Å². The SMILES string of the molecule is Cc1c(Cl)cccc1NC(C)Cc1ccc(O)cc1. The molecule has 0 heterocycles. The minimum atomic E-state index is 0.293. The fraction of sp³-hybridized carbons (Fsp3) is 0.250. The van der Waals surface area contributed by atoms with E-state index in [-0.39, 0.29) is 0 Å². The Morgan fingerprint density at radius 1 is 1.16 bits per heavy atom. The van der Waals surface area contributed by atoms with Crippen LogP contribution in [0.1, 0.15) is 18.1 Å². The maximum absolute atomic E-state index is 9.26. The molecule has 0 aromatic heterocycles. The van der Waals surface area contributed by atoms with Crippen LogP contribution >= 0.6 is 11.6 Å². The van der Waals surface area contributed by atoms with Gasteiger partial charge < -0.3 is 10.4 Å².